The fourth-order valence-corrected chi connectivity index (χ4v) is 4.39. The maximum atomic E-state index is 13.4. The second-order valence-electron chi connectivity index (χ2n) is 7.95. The summed E-state index contributed by atoms with van der Waals surface area (Å²) in [5, 5.41) is 9.30. The van der Waals surface area contributed by atoms with Crippen LogP contribution in [0.3, 0.4) is 0 Å². The average Bonchev–Trinajstić information content (AvgIpc) is 3.29. The summed E-state index contributed by atoms with van der Waals surface area (Å²) in [6.45, 7) is 1.47. The predicted molar refractivity (Wildman–Crippen MR) is 114 cm³/mol. The predicted octanol–water partition coefficient (Wildman–Crippen LogP) is 1.58. The van der Waals surface area contributed by atoms with Crippen molar-refractivity contribution in [3.8, 4) is 5.75 Å². The first kappa shape index (κ1) is 21.0. The number of hydrogen-bond donors (Lipinski definition) is 2. The molecule has 2 aliphatic rings. The molecule has 1 aromatic carbocycles. The Balaban J connectivity index is 1.47. The Morgan fingerprint density at radius 2 is 2.00 bits per heavy atom. The van der Waals surface area contributed by atoms with Crippen molar-refractivity contribution in [2.75, 3.05) is 26.7 Å². The Labute approximate surface area is 181 Å². The summed E-state index contributed by atoms with van der Waals surface area (Å²) in [6, 6.07) is 12.8. The van der Waals surface area contributed by atoms with Crippen molar-refractivity contribution in [1.82, 2.24) is 20.3 Å². The number of ether oxygens (including phenoxy) is 1. The van der Waals surface area contributed by atoms with E-state index in [9.17, 15) is 14.8 Å². The lowest BCUT2D eigenvalue weighted by Crippen LogP contribution is -2.60. The lowest BCUT2D eigenvalue weighted by atomic mass is 9.86. The molecule has 2 aliphatic heterocycles. The van der Waals surface area contributed by atoms with E-state index >= 15 is 0 Å². The Hall–Kier alpha value is -3.23. The molecule has 0 bridgehead atoms. The SMILES string of the molecule is CN1C[C@@H](Oc2cccnc2)C[C@H](C(=O)NO)[C@H]1C(=O)N1CC=C(c2ccccc2)C1. The number of aromatic nitrogens is 1. The Morgan fingerprint density at radius 1 is 1.19 bits per heavy atom. The highest BCUT2D eigenvalue weighted by molar-refractivity contribution is 5.91. The average molecular weight is 422 g/mol. The number of likely N-dealkylation sites (tertiary alicyclic amines) is 1. The third-order valence-electron chi connectivity index (χ3n) is 5.88. The summed E-state index contributed by atoms with van der Waals surface area (Å²) in [6.07, 6.45) is 5.32. The second kappa shape index (κ2) is 9.28. The zero-order valence-electron chi connectivity index (χ0n) is 17.3. The van der Waals surface area contributed by atoms with Crippen molar-refractivity contribution in [3.05, 3.63) is 66.5 Å². The number of hydrogen-bond acceptors (Lipinski definition) is 6. The van der Waals surface area contributed by atoms with E-state index in [0.29, 0.717) is 31.8 Å². The number of carbonyl (C=O) groups excluding carboxylic acids is 2. The van der Waals surface area contributed by atoms with Gasteiger partial charge in [-0.05, 0) is 36.7 Å². The van der Waals surface area contributed by atoms with Gasteiger partial charge in [-0.2, -0.15) is 0 Å². The molecule has 8 heteroatoms. The normalized spacial score (nSPS) is 23.9. The first-order valence-electron chi connectivity index (χ1n) is 10.3. The van der Waals surface area contributed by atoms with Crippen molar-refractivity contribution < 1.29 is 19.5 Å². The zero-order valence-corrected chi connectivity index (χ0v) is 17.3. The van der Waals surface area contributed by atoms with Gasteiger partial charge < -0.3 is 9.64 Å². The molecule has 1 saturated heterocycles. The van der Waals surface area contributed by atoms with Crippen LogP contribution >= 0.6 is 0 Å². The largest absolute Gasteiger partial charge is 0.487 e. The number of rotatable bonds is 5. The molecule has 0 radical (unpaired) electrons. The van der Waals surface area contributed by atoms with E-state index in [2.05, 4.69) is 4.98 Å². The summed E-state index contributed by atoms with van der Waals surface area (Å²) in [4.78, 5) is 33.5. The van der Waals surface area contributed by atoms with E-state index in [1.54, 1.807) is 42.0 Å². The fraction of sp³-hybridized carbons (Fsp3) is 0.348. The monoisotopic (exact) mass is 422 g/mol. The molecular formula is C23H26N4O4. The van der Waals surface area contributed by atoms with Gasteiger partial charge in [-0.15, -0.1) is 0 Å². The van der Waals surface area contributed by atoms with Crippen LogP contribution in [0.5, 0.6) is 5.75 Å². The van der Waals surface area contributed by atoms with Crippen LogP contribution in [-0.2, 0) is 9.59 Å². The molecule has 8 nitrogen and oxygen atoms in total. The summed E-state index contributed by atoms with van der Waals surface area (Å²) in [7, 11) is 1.81. The van der Waals surface area contributed by atoms with Gasteiger partial charge in [0.1, 0.15) is 17.9 Å². The number of carbonyl (C=O) groups is 2. The number of pyridine rings is 1. The molecule has 3 atom stereocenters. The highest BCUT2D eigenvalue weighted by atomic mass is 16.5. The highest BCUT2D eigenvalue weighted by Gasteiger charge is 2.45. The molecule has 2 aromatic rings. The first-order chi connectivity index (χ1) is 15.1. The van der Waals surface area contributed by atoms with Crippen LogP contribution in [0.25, 0.3) is 5.57 Å². The van der Waals surface area contributed by atoms with Gasteiger partial charge >= 0.3 is 0 Å². The molecule has 162 valence electrons. The van der Waals surface area contributed by atoms with Crippen molar-refractivity contribution in [3.63, 3.8) is 0 Å². The number of nitrogens with zero attached hydrogens (tertiary/aromatic N) is 3. The lowest BCUT2D eigenvalue weighted by Gasteiger charge is -2.42. The minimum Gasteiger partial charge on any atom is -0.487 e. The topological polar surface area (TPSA) is 95.0 Å². The molecule has 2 amide bonds. The molecular weight excluding hydrogens is 396 g/mol. The molecule has 0 unspecified atom stereocenters. The maximum Gasteiger partial charge on any atom is 0.248 e. The van der Waals surface area contributed by atoms with E-state index in [4.69, 9.17) is 4.74 Å². The van der Waals surface area contributed by atoms with Crippen molar-refractivity contribution in [2.45, 2.75) is 18.6 Å². The molecule has 4 rings (SSSR count). The number of likely N-dealkylation sites (N-methyl/N-ethyl adjacent to an activating group) is 1. The van der Waals surface area contributed by atoms with Crippen molar-refractivity contribution in [2.24, 2.45) is 5.92 Å². The summed E-state index contributed by atoms with van der Waals surface area (Å²) in [5.41, 5.74) is 3.91. The molecule has 2 N–H and O–H groups in total. The van der Waals surface area contributed by atoms with Crippen LogP contribution in [0.1, 0.15) is 12.0 Å². The number of amides is 2. The molecule has 0 aliphatic carbocycles. The van der Waals surface area contributed by atoms with E-state index in [-0.39, 0.29) is 12.0 Å². The number of benzene rings is 1. The van der Waals surface area contributed by atoms with Gasteiger partial charge in [0.25, 0.3) is 0 Å². The van der Waals surface area contributed by atoms with Crippen LogP contribution in [0.15, 0.2) is 60.9 Å². The Bertz CT molecular complexity index is 951. The van der Waals surface area contributed by atoms with E-state index < -0.39 is 17.9 Å². The molecule has 0 saturated carbocycles. The van der Waals surface area contributed by atoms with Gasteiger partial charge in [-0.3, -0.25) is 24.7 Å². The quantitative estimate of drug-likeness (QED) is 0.561. The zero-order chi connectivity index (χ0) is 21.8. The van der Waals surface area contributed by atoms with Gasteiger partial charge in [0.05, 0.1) is 12.1 Å². The van der Waals surface area contributed by atoms with E-state index in [1.165, 1.54) is 0 Å². The Kier molecular flexibility index (Phi) is 6.29. The summed E-state index contributed by atoms with van der Waals surface area (Å²) < 4.78 is 5.98. The van der Waals surface area contributed by atoms with Gasteiger partial charge in [0, 0.05) is 25.8 Å². The molecule has 1 aromatic heterocycles. The summed E-state index contributed by atoms with van der Waals surface area (Å²) >= 11 is 0. The van der Waals surface area contributed by atoms with Crippen LogP contribution in [0.2, 0.25) is 0 Å². The van der Waals surface area contributed by atoms with E-state index in [1.807, 2.05) is 41.3 Å². The third kappa shape index (κ3) is 4.60. The minimum absolute atomic E-state index is 0.127. The first-order valence-corrected chi connectivity index (χ1v) is 10.3. The molecule has 31 heavy (non-hydrogen) atoms. The molecule has 0 spiro atoms. The summed E-state index contributed by atoms with van der Waals surface area (Å²) in [5.74, 6) is -0.845. The van der Waals surface area contributed by atoms with Crippen LogP contribution < -0.4 is 10.2 Å². The maximum absolute atomic E-state index is 13.4. The number of hydroxylamine groups is 1. The molecule has 1 fully saturated rings. The van der Waals surface area contributed by atoms with Gasteiger partial charge in [0.2, 0.25) is 11.8 Å². The number of nitrogens with one attached hydrogen (secondary N) is 1. The van der Waals surface area contributed by atoms with Crippen molar-refractivity contribution in [1.29, 1.82) is 0 Å². The van der Waals surface area contributed by atoms with E-state index in [0.717, 1.165) is 11.1 Å². The second-order valence-corrected chi connectivity index (χ2v) is 7.95. The number of piperidine rings is 1. The van der Waals surface area contributed by atoms with Crippen LogP contribution in [0, 0.1) is 5.92 Å². The van der Waals surface area contributed by atoms with Gasteiger partial charge in [0.15, 0.2) is 0 Å². The van der Waals surface area contributed by atoms with Crippen LogP contribution in [0.4, 0.5) is 0 Å². The molecule has 3 heterocycles. The van der Waals surface area contributed by atoms with Crippen LogP contribution in [-0.4, -0.2) is 70.6 Å². The van der Waals surface area contributed by atoms with Gasteiger partial charge in [-0.25, -0.2) is 5.48 Å². The smallest absolute Gasteiger partial charge is 0.248 e. The lowest BCUT2D eigenvalue weighted by molar-refractivity contribution is -0.150. The van der Waals surface area contributed by atoms with Gasteiger partial charge in [-0.1, -0.05) is 36.4 Å². The Morgan fingerprint density at radius 3 is 2.71 bits per heavy atom. The van der Waals surface area contributed by atoms with Crippen molar-refractivity contribution >= 4 is 17.4 Å². The third-order valence-corrected chi connectivity index (χ3v) is 5.88. The fourth-order valence-electron chi connectivity index (χ4n) is 4.39. The standard InChI is InChI=1S/C23H26N4O4/c1-26-15-19(31-18-8-5-10-24-13-18)12-20(22(28)25-30)21(26)23(29)27-11-9-17(14-27)16-6-3-2-4-7-16/h2-10,13,19-21,30H,11-12,14-15H2,1H3,(H,25,28)/t19-,20-,21-/m0/s1. The minimum atomic E-state index is -0.737. The highest BCUT2D eigenvalue weighted by Crippen LogP contribution is 2.29.